The van der Waals surface area contributed by atoms with Gasteiger partial charge >= 0.3 is 18.9 Å². The van der Waals surface area contributed by atoms with E-state index in [-0.39, 0.29) is 20.3 Å². The molecule has 2 nitrogen and oxygen atoms in total. The number of rotatable bonds is 0. The van der Waals surface area contributed by atoms with Gasteiger partial charge in [0.2, 0.25) is 0 Å². The van der Waals surface area contributed by atoms with Crippen molar-refractivity contribution in [1.29, 1.82) is 0 Å². The molecule has 1 rings (SSSR count). The van der Waals surface area contributed by atoms with Gasteiger partial charge in [0.25, 0.3) is 0 Å². The molecular formula is C4H9LiO2S. The largest absolute Gasteiger partial charge is 1.00 e. The van der Waals surface area contributed by atoms with E-state index in [4.69, 9.17) is 0 Å². The van der Waals surface area contributed by atoms with Gasteiger partial charge in [-0.15, -0.1) is 0 Å². The molecule has 8 heavy (non-hydrogen) atoms. The van der Waals surface area contributed by atoms with Crippen LogP contribution in [0.15, 0.2) is 0 Å². The molecule has 4 heteroatoms. The summed E-state index contributed by atoms with van der Waals surface area (Å²) < 4.78 is 20.9. The first-order valence-electron chi connectivity index (χ1n) is 2.41. The van der Waals surface area contributed by atoms with E-state index in [1.54, 1.807) is 0 Å². The fourth-order valence-electron chi connectivity index (χ4n) is 0.746. The van der Waals surface area contributed by atoms with Gasteiger partial charge in [0, 0.05) is 0 Å². The quantitative estimate of drug-likeness (QED) is 0.333. The second-order valence-electron chi connectivity index (χ2n) is 1.86. The molecule has 0 radical (unpaired) electrons. The maximum absolute atomic E-state index is 10.4. The molecule has 0 bridgehead atoms. The number of hydrogen-bond acceptors (Lipinski definition) is 2. The monoisotopic (exact) mass is 128 g/mol. The molecule has 0 aliphatic carbocycles. The van der Waals surface area contributed by atoms with E-state index < -0.39 is 9.84 Å². The fraction of sp³-hybridized carbons (Fsp3) is 1.00. The van der Waals surface area contributed by atoms with Crippen LogP contribution >= 0.6 is 0 Å². The van der Waals surface area contributed by atoms with Gasteiger partial charge in [-0.3, -0.25) is 0 Å². The summed E-state index contributed by atoms with van der Waals surface area (Å²) in [6.07, 6.45) is 1.75. The van der Waals surface area contributed by atoms with Gasteiger partial charge in [0.05, 0.1) is 11.5 Å². The van der Waals surface area contributed by atoms with Crippen LogP contribution < -0.4 is 18.9 Å². The molecule has 0 N–H and O–H groups in total. The van der Waals surface area contributed by atoms with Crippen LogP contribution in [0.4, 0.5) is 0 Å². The van der Waals surface area contributed by atoms with Gasteiger partial charge < -0.3 is 1.43 Å². The maximum Gasteiger partial charge on any atom is 1.00 e. The Morgan fingerprint density at radius 3 is 1.62 bits per heavy atom. The van der Waals surface area contributed by atoms with E-state index in [1.807, 2.05) is 0 Å². The molecule has 1 fully saturated rings. The maximum atomic E-state index is 10.4. The molecule has 44 valence electrons. The first-order valence-corrected chi connectivity index (χ1v) is 4.23. The van der Waals surface area contributed by atoms with E-state index in [1.165, 1.54) is 0 Å². The van der Waals surface area contributed by atoms with E-state index in [2.05, 4.69) is 0 Å². The van der Waals surface area contributed by atoms with Crippen LogP contribution in [0.1, 0.15) is 14.3 Å². The average Bonchev–Trinajstić information content (AvgIpc) is 1.84. The minimum absolute atomic E-state index is 0. The van der Waals surface area contributed by atoms with E-state index in [0.29, 0.717) is 11.5 Å². The van der Waals surface area contributed by atoms with Crippen LogP contribution in [0.5, 0.6) is 0 Å². The van der Waals surface area contributed by atoms with Crippen molar-refractivity contribution in [3.05, 3.63) is 0 Å². The topological polar surface area (TPSA) is 34.1 Å². The van der Waals surface area contributed by atoms with Crippen molar-refractivity contribution in [2.45, 2.75) is 12.8 Å². The molecule has 0 amide bonds. The standard InChI is InChI=1S/C4H8O2S.Li.H/c5-7(6)3-1-2-4-7;;/h1-4H2;;/q;+1;-1. The average molecular weight is 128 g/mol. The van der Waals surface area contributed by atoms with E-state index in [9.17, 15) is 8.42 Å². The summed E-state index contributed by atoms with van der Waals surface area (Å²) in [7, 11) is -2.55. The van der Waals surface area contributed by atoms with Crippen molar-refractivity contribution in [1.82, 2.24) is 0 Å². The minimum atomic E-state index is -2.55. The molecule has 1 heterocycles. The Morgan fingerprint density at radius 2 is 1.50 bits per heavy atom. The summed E-state index contributed by atoms with van der Waals surface area (Å²) in [5.41, 5.74) is 0. The third-order valence-corrected chi connectivity index (χ3v) is 2.98. The molecule has 0 aromatic rings. The normalized spacial score (nSPS) is 24.5. The van der Waals surface area contributed by atoms with Crippen molar-refractivity contribution >= 4 is 9.84 Å². The number of hydrogen-bond donors (Lipinski definition) is 0. The van der Waals surface area contributed by atoms with Crippen LogP contribution in [0, 0.1) is 0 Å². The molecule has 0 saturated carbocycles. The predicted molar refractivity (Wildman–Crippen MR) is 29.0 cm³/mol. The van der Waals surface area contributed by atoms with E-state index in [0.717, 1.165) is 12.8 Å². The van der Waals surface area contributed by atoms with Crippen LogP contribution in [-0.2, 0) is 9.84 Å². The smallest absolute Gasteiger partial charge is 1.00 e. The Balaban J connectivity index is 0. The van der Waals surface area contributed by atoms with Crippen LogP contribution in [-0.4, -0.2) is 19.9 Å². The molecule has 0 aromatic carbocycles. The molecule has 1 saturated heterocycles. The Hall–Kier alpha value is 0.547. The second kappa shape index (κ2) is 2.91. The van der Waals surface area contributed by atoms with Crippen molar-refractivity contribution in [3.63, 3.8) is 0 Å². The van der Waals surface area contributed by atoms with Crippen molar-refractivity contribution < 1.29 is 28.7 Å². The van der Waals surface area contributed by atoms with E-state index >= 15 is 0 Å². The Morgan fingerprint density at radius 1 is 1.12 bits per heavy atom. The molecule has 1 aliphatic rings. The summed E-state index contributed by atoms with van der Waals surface area (Å²) in [6.45, 7) is 0. The van der Waals surface area contributed by atoms with Crippen molar-refractivity contribution in [2.24, 2.45) is 0 Å². The molecule has 0 atom stereocenters. The van der Waals surface area contributed by atoms with Gasteiger partial charge in [0.15, 0.2) is 0 Å². The summed E-state index contributed by atoms with van der Waals surface area (Å²) >= 11 is 0. The zero-order chi connectivity index (χ0) is 5.33. The first kappa shape index (κ1) is 8.55. The third kappa shape index (κ3) is 2.21. The Bertz CT molecular complexity index is 142. The molecule has 0 spiro atoms. The van der Waals surface area contributed by atoms with Gasteiger partial charge in [-0.1, -0.05) is 0 Å². The van der Waals surface area contributed by atoms with Crippen molar-refractivity contribution in [3.8, 4) is 0 Å². The molecule has 0 unspecified atom stereocenters. The third-order valence-electron chi connectivity index (χ3n) is 1.16. The van der Waals surface area contributed by atoms with Crippen LogP contribution in [0.25, 0.3) is 0 Å². The summed E-state index contributed by atoms with van der Waals surface area (Å²) in [6, 6.07) is 0. The van der Waals surface area contributed by atoms with Gasteiger partial charge in [-0.2, -0.15) is 0 Å². The fourth-order valence-corrected chi connectivity index (χ4v) is 2.24. The Labute approximate surface area is 63.2 Å². The van der Waals surface area contributed by atoms with Crippen LogP contribution in [0.2, 0.25) is 0 Å². The van der Waals surface area contributed by atoms with Crippen molar-refractivity contribution in [2.75, 3.05) is 11.5 Å². The van der Waals surface area contributed by atoms with Gasteiger partial charge in [-0.05, 0) is 12.8 Å². The van der Waals surface area contributed by atoms with Crippen LogP contribution in [0.3, 0.4) is 0 Å². The summed E-state index contributed by atoms with van der Waals surface area (Å²) in [4.78, 5) is 0. The molecule has 1 aliphatic heterocycles. The molecular weight excluding hydrogens is 119 g/mol. The summed E-state index contributed by atoms with van der Waals surface area (Å²) in [5.74, 6) is 0.847. The minimum Gasteiger partial charge on any atom is -1.00 e. The Kier molecular flexibility index (Phi) is 3.11. The zero-order valence-electron chi connectivity index (χ0n) is 6.05. The molecule has 0 aromatic heterocycles. The second-order valence-corrected chi connectivity index (χ2v) is 4.16. The SMILES string of the molecule is O=S1(=O)CCCC1.[H-].[Li+]. The zero-order valence-corrected chi connectivity index (χ0v) is 5.87. The van der Waals surface area contributed by atoms with Gasteiger partial charge in [-0.25, -0.2) is 8.42 Å². The summed E-state index contributed by atoms with van der Waals surface area (Å²) in [5, 5.41) is 0. The number of sulfone groups is 1. The first-order chi connectivity index (χ1) is 3.21. The van der Waals surface area contributed by atoms with Gasteiger partial charge in [0.1, 0.15) is 9.84 Å². The predicted octanol–water partition coefficient (Wildman–Crippen LogP) is -2.69.